The average Bonchev–Trinajstić information content (AvgIpc) is 2.31. The molecule has 1 heterocycles. The van der Waals surface area contributed by atoms with Gasteiger partial charge in [0.05, 0.1) is 0 Å². The maximum atomic E-state index is 4.33. The summed E-state index contributed by atoms with van der Waals surface area (Å²) >= 11 is 0. The molecule has 1 nitrogen and oxygen atoms in total. The van der Waals surface area contributed by atoms with Crippen LogP contribution in [-0.4, -0.2) is 0 Å². The van der Waals surface area contributed by atoms with E-state index in [1.54, 1.807) is 0 Å². The van der Waals surface area contributed by atoms with E-state index < -0.39 is 0 Å². The Morgan fingerprint density at radius 1 is 1.18 bits per heavy atom. The fourth-order valence-corrected chi connectivity index (χ4v) is 3.32. The van der Waals surface area contributed by atoms with E-state index >= 15 is 0 Å². The van der Waals surface area contributed by atoms with Crippen molar-refractivity contribution in [2.75, 3.05) is 0 Å². The van der Waals surface area contributed by atoms with Gasteiger partial charge in [0.25, 0.3) is 0 Å². The Bertz CT molecular complexity index is 398. The zero-order valence-electron chi connectivity index (χ0n) is 11.7. The van der Waals surface area contributed by atoms with Crippen LogP contribution in [0.1, 0.15) is 53.4 Å². The SMILES string of the molecule is C=C1CC(CC)CC2=C1C(CC)C(C)=C(C)N2. The minimum absolute atomic E-state index is 0.608. The highest BCUT2D eigenvalue weighted by Gasteiger charge is 2.31. The normalized spacial score (nSPS) is 29.3. The van der Waals surface area contributed by atoms with Crippen molar-refractivity contribution in [1.29, 1.82) is 0 Å². The maximum Gasteiger partial charge on any atom is 0.0192 e. The molecule has 0 fully saturated rings. The first-order valence-electron chi connectivity index (χ1n) is 6.94. The van der Waals surface area contributed by atoms with Crippen molar-refractivity contribution in [3.8, 4) is 0 Å². The fourth-order valence-electron chi connectivity index (χ4n) is 3.32. The van der Waals surface area contributed by atoms with Crippen LogP contribution in [0, 0.1) is 11.8 Å². The quantitative estimate of drug-likeness (QED) is 0.735. The van der Waals surface area contributed by atoms with Crippen LogP contribution in [0.2, 0.25) is 0 Å². The molecule has 0 aromatic heterocycles. The third-order valence-electron chi connectivity index (χ3n) is 4.52. The maximum absolute atomic E-state index is 4.33. The number of hydrogen-bond donors (Lipinski definition) is 1. The molecule has 0 radical (unpaired) electrons. The Hall–Kier alpha value is -0.980. The van der Waals surface area contributed by atoms with Crippen LogP contribution in [0.15, 0.2) is 34.7 Å². The van der Waals surface area contributed by atoms with Gasteiger partial charge in [-0.05, 0) is 55.7 Å². The lowest BCUT2D eigenvalue weighted by atomic mass is 9.73. The minimum Gasteiger partial charge on any atom is -0.362 e. The summed E-state index contributed by atoms with van der Waals surface area (Å²) in [7, 11) is 0. The molecule has 0 saturated heterocycles. The Labute approximate surface area is 106 Å². The van der Waals surface area contributed by atoms with Crippen LogP contribution in [0.25, 0.3) is 0 Å². The number of dihydropyridines is 1. The van der Waals surface area contributed by atoms with Crippen molar-refractivity contribution in [1.82, 2.24) is 5.32 Å². The molecule has 0 saturated carbocycles. The highest BCUT2D eigenvalue weighted by molar-refractivity contribution is 5.46. The van der Waals surface area contributed by atoms with E-state index in [9.17, 15) is 0 Å². The van der Waals surface area contributed by atoms with Crippen LogP contribution in [0.3, 0.4) is 0 Å². The Kier molecular flexibility index (Phi) is 3.46. The van der Waals surface area contributed by atoms with Crippen LogP contribution >= 0.6 is 0 Å². The summed E-state index contributed by atoms with van der Waals surface area (Å²) in [6.45, 7) is 13.4. The largest absolute Gasteiger partial charge is 0.362 e. The average molecular weight is 231 g/mol. The molecule has 2 unspecified atom stereocenters. The van der Waals surface area contributed by atoms with Gasteiger partial charge in [-0.3, -0.25) is 0 Å². The molecule has 1 aliphatic heterocycles. The summed E-state index contributed by atoms with van der Waals surface area (Å²) < 4.78 is 0. The van der Waals surface area contributed by atoms with Gasteiger partial charge in [0.2, 0.25) is 0 Å². The highest BCUT2D eigenvalue weighted by Crippen LogP contribution is 2.43. The first-order valence-corrected chi connectivity index (χ1v) is 6.94. The van der Waals surface area contributed by atoms with Gasteiger partial charge >= 0.3 is 0 Å². The molecular weight excluding hydrogens is 206 g/mol. The summed E-state index contributed by atoms with van der Waals surface area (Å²) in [4.78, 5) is 0. The smallest absolute Gasteiger partial charge is 0.0192 e. The summed E-state index contributed by atoms with van der Waals surface area (Å²) in [5.41, 5.74) is 7.23. The molecule has 94 valence electrons. The predicted molar refractivity (Wildman–Crippen MR) is 74.5 cm³/mol. The molecule has 2 aliphatic rings. The summed E-state index contributed by atoms with van der Waals surface area (Å²) in [5.74, 6) is 1.40. The standard InChI is InChI=1S/C16H25N/c1-6-13-8-10(3)16-14(7-2)11(4)12(5)17-15(16)9-13/h13-14,17H,3,6-9H2,1-2,4-5H3. The van der Waals surface area contributed by atoms with E-state index in [0.29, 0.717) is 5.92 Å². The van der Waals surface area contributed by atoms with Crippen LogP contribution in [0.4, 0.5) is 0 Å². The molecular formula is C16H25N. The topological polar surface area (TPSA) is 12.0 Å². The van der Waals surface area contributed by atoms with Crippen LogP contribution in [0.5, 0.6) is 0 Å². The van der Waals surface area contributed by atoms with Crippen molar-refractivity contribution in [2.24, 2.45) is 11.8 Å². The molecule has 0 spiro atoms. The zero-order valence-corrected chi connectivity index (χ0v) is 11.7. The molecule has 1 heteroatoms. The monoisotopic (exact) mass is 231 g/mol. The van der Waals surface area contributed by atoms with E-state index in [2.05, 4.69) is 39.6 Å². The molecule has 0 aromatic carbocycles. The zero-order chi connectivity index (χ0) is 12.6. The number of allylic oxidation sites excluding steroid dienone is 5. The molecule has 17 heavy (non-hydrogen) atoms. The lowest BCUT2D eigenvalue weighted by Crippen LogP contribution is -2.30. The Morgan fingerprint density at radius 3 is 2.47 bits per heavy atom. The second-order valence-corrected chi connectivity index (χ2v) is 5.57. The van der Waals surface area contributed by atoms with E-state index in [1.165, 1.54) is 53.8 Å². The summed E-state index contributed by atoms with van der Waals surface area (Å²) in [5, 5.41) is 3.63. The van der Waals surface area contributed by atoms with Gasteiger partial charge in [0.1, 0.15) is 0 Å². The fraction of sp³-hybridized carbons (Fsp3) is 0.625. The van der Waals surface area contributed by atoms with Gasteiger partial charge in [-0.15, -0.1) is 0 Å². The van der Waals surface area contributed by atoms with Crippen molar-refractivity contribution < 1.29 is 0 Å². The number of hydrogen-bond acceptors (Lipinski definition) is 1. The third-order valence-corrected chi connectivity index (χ3v) is 4.52. The third kappa shape index (κ3) is 2.08. The van der Waals surface area contributed by atoms with Crippen LogP contribution < -0.4 is 5.32 Å². The molecule has 0 amide bonds. The molecule has 2 atom stereocenters. The van der Waals surface area contributed by atoms with Crippen molar-refractivity contribution >= 4 is 0 Å². The van der Waals surface area contributed by atoms with Gasteiger partial charge in [0, 0.05) is 17.3 Å². The van der Waals surface area contributed by atoms with Gasteiger partial charge in [-0.2, -0.15) is 0 Å². The lowest BCUT2D eigenvalue weighted by Gasteiger charge is -2.38. The minimum atomic E-state index is 0.608. The van der Waals surface area contributed by atoms with Crippen molar-refractivity contribution in [3.05, 3.63) is 34.7 Å². The number of nitrogens with one attached hydrogen (secondary N) is 1. The van der Waals surface area contributed by atoms with Gasteiger partial charge in [0.15, 0.2) is 0 Å². The number of rotatable bonds is 2. The van der Waals surface area contributed by atoms with Gasteiger partial charge in [-0.25, -0.2) is 0 Å². The first-order chi connectivity index (χ1) is 8.08. The molecule has 1 aliphatic carbocycles. The first kappa shape index (κ1) is 12.5. The Balaban J connectivity index is 2.37. The lowest BCUT2D eigenvalue weighted by molar-refractivity contribution is 0.449. The van der Waals surface area contributed by atoms with E-state index in [0.717, 1.165) is 5.92 Å². The second kappa shape index (κ2) is 4.72. The summed E-state index contributed by atoms with van der Waals surface area (Å²) in [6, 6.07) is 0. The second-order valence-electron chi connectivity index (χ2n) is 5.57. The van der Waals surface area contributed by atoms with Gasteiger partial charge in [-0.1, -0.05) is 26.8 Å². The molecule has 2 rings (SSSR count). The predicted octanol–water partition coefficient (Wildman–Crippen LogP) is 4.54. The Morgan fingerprint density at radius 2 is 1.88 bits per heavy atom. The highest BCUT2D eigenvalue weighted by atomic mass is 14.9. The van der Waals surface area contributed by atoms with E-state index in [4.69, 9.17) is 0 Å². The van der Waals surface area contributed by atoms with Crippen molar-refractivity contribution in [2.45, 2.75) is 53.4 Å². The summed E-state index contributed by atoms with van der Waals surface area (Å²) in [6.07, 6.45) is 4.86. The molecule has 1 N–H and O–H groups in total. The van der Waals surface area contributed by atoms with Crippen molar-refractivity contribution in [3.63, 3.8) is 0 Å². The molecule has 0 bridgehead atoms. The van der Waals surface area contributed by atoms with Crippen LogP contribution in [-0.2, 0) is 0 Å². The van der Waals surface area contributed by atoms with Gasteiger partial charge < -0.3 is 5.32 Å². The van der Waals surface area contributed by atoms with E-state index in [1.807, 2.05) is 0 Å². The van der Waals surface area contributed by atoms with E-state index in [-0.39, 0.29) is 0 Å². The molecule has 0 aromatic rings.